The molecule has 0 aliphatic carbocycles. The Labute approximate surface area is 149 Å². The van der Waals surface area contributed by atoms with Crippen molar-refractivity contribution in [2.24, 2.45) is 0 Å². The first-order valence-corrected chi connectivity index (χ1v) is 8.83. The van der Waals surface area contributed by atoms with Gasteiger partial charge in [-0.1, -0.05) is 38.1 Å². The molecule has 0 radical (unpaired) electrons. The zero-order chi connectivity index (χ0) is 17.9. The molecule has 1 aliphatic heterocycles. The van der Waals surface area contributed by atoms with E-state index in [4.69, 9.17) is 4.74 Å². The van der Waals surface area contributed by atoms with Crippen LogP contribution in [0, 0.1) is 0 Å². The minimum absolute atomic E-state index is 0.205. The molecular formula is C21H25NO3. The Morgan fingerprint density at radius 1 is 0.920 bits per heavy atom. The molecule has 4 nitrogen and oxygen atoms in total. The lowest BCUT2D eigenvalue weighted by atomic mass is 9.78. The largest absolute Gasteiger partial charge is 0.508 e. The van der Waals surface area contributed by atoms with Crippen LogP contribution in [-0.4, -0.2) is 29.2 Å². The van der Waals surface area contributed by atoms with Crippen molar-refractivity contribution in [1.29, 1.82) is 0 Å². The number of phenolic OH excluding ortho intramolecular Hbond substituents is 1. The summed E-state index contributed by atoms with van der Waals surface area (Å²) in [5.74, 6) is 0.834. The van der Waals surface area contributed by atoms with Crippen LogP contribution in [0.2, 0.25) is 0 Å². The lowest BCUT2D eigenvalue weighted by molar-refractivity contribution is 0.142. The molecule has 4 heteroatoms. The van der Waals surface area contributed by atoms with E-state index >= 15 is 0 Å². The van der Waals surface area contributed by atoms with Gasteiger partial charge in [0.2, 0.25) is 0 Å². The number of rotatable bonds is 3. The highest BCUT2D eigenvalue weighted by Gasteiger charge is 2.23. The molecule has 1 aliphatic rings. The van der Waals surface area contributed by atoms with Crippen molar-refractivity contribution in [3.05, 3.63) is 59.7 Å². The van der Waals surface area contributed by atoms with E-state index in [0.717, 1.165) is 37.1 Å². The summed E-state index contributed by atoms with van der Waals surface area (Å²) in [4.78, 5) is 14.0. The zero-order valence-corrected chi connectivity index (χ0v) is 14.9. The molecule has 1 fully saturated rings. The number of benzene rings is 2. The molecule has 0 aromatic heterocycles. The number of nitrogens with zero attached hydrogens (tertiary/aromatic N) is 1. The molecule has 1 N–H and O–H groups in total. The van der Waals surface area contributed by atoms with Crippen molar-refractivity contribution in [1.82, 2.24) is 4.90 Å². The quantitative estimate of drug-likeness (QED) is 0.881. The van der Waals surface area contributed by atoms with Crippen molar-refractivity contribution in [3.63, 3.8) is 0 Å². The monoisotopic (exact) mass is 339 g/mol. The Morgan fingerprint density at radius 3 is 2.00 bits per heavy atom. The Hall–Kier alpha value is -2.49. The number of hydrogen-bond donors (Lipinski definition) is 1. The van der Waals surface area contributed by atoms with Crippen LogP contribution < -0.4 is 4.74 Å². The van der Waals surface area contributed by atoms with E-state index < -0.39 is 0 Å². The van der Waals surface area contributed by atoms with Crippen LogP contribution in [-0.2, 0) is 5.41 Å². The maximum Gasteiger partial charge on any atom is 0.415 e. The molecule has 25 heavy (non-hydrogen) atoms. The first kappa shape index (κ1) is 17.3. The van der Waals surface area contributed by atoms with Gasteiger partial charge in [0, 0.05) is 18.5 Å². The van der Waals surface area contributed by atoms with Gasteiger partial charge in [0.15, 0.2) is 0 Å². The van der Waals surface area contributed by atoms with Crippen LogP contribution in [0.5, 0.6) is 11.5 Å². The van der Waals surface area contributed by atoms with Crippen molar-refractivity contribution in [2.45, 2.75) is 38.5 Å². The smallest absolute Gasteiger partial charge is 0.415 e. The van der Waals surface area contributed by atoms with E-state index in [1.165, 1.54) is 6.42 Å². The van der Waals surface area contributed by atoms with Crippen molar-refractivity contribution >= 4 is 6.09 Å². The molecule has 0 atom stereocenters. The Balaban J connectivity index is 1.70. The van der Waals surface area contributed by atoms with Crippen LogP contribution in [0.15, 0.2) is 48.5 Å². The first-order valence-electron chi connectivity index (χ1n) is 8.83. The van der Waals surface area contributed by atoms with Crippen molar-refractivity contribution in [2.75, 3.05) is 13.1 Å². The van der Waals surface area contributed by atoms with Crippen LogP contribution in [0.4, 0.5) is 4.79 Å². The fraction of sp³-hybridized carbons (Fsp3) is 0.381. The minimum atomic E-state index is -0.259. The van der Waals surface area contributed by atoms with Gasteiger partial charge < -0.3 is 14.7 Å². The summed E-state index contributed by atoms with van der Waals surface area (Å²) in [5, 5.41) is 9.47. The normalized spacial score (nSPS) is 15.0. The van der Waals surface area contributed by atoms with E-state index in [9.17, 15) is 9.90 Å². The Bertz CT molecular complexity index is 714. The highest BCUT2D eigenvalue weighted by Crippen LogP contribution is 2.33. The number of carbonyl (C=O) groups is 1. The standard InChI is InChI=1S/C21H25NO3/c1-21(2,16-6-10-18(23)11-7-16)17-8-12-19(13-9-17)25-20(24)22-14-4-3-5-15-22/h6-13,23H,3-5,14-15H2,1-2H3. The SMILES string of the molecule is CC(C)(c1ccc(O)cc1)c1ccc(OC(=O)N2CCCCC2)cc1. The number of carbonyl (C=O) groups excluding carboxylic acids is 1. The number of aromatic hydroxyl groups is 1. The highest BCUT2D eigenvalue weighted by molar-refractivity contribution is 5.70. The molecule has 0 unspecified atom stereocenters. The predicted molar refractivity (Wildman–Crippen MR) is 98.1 cm³/mol. The van der Waals surface area contributed by atoms with Gasteiger partial charge in [-0.25, -0.2) is 4.79 Å². The third kappa shape index (κ3) is 3.95. The van der Waals surface area contributed by atoms with Gasteiger partial charge in [-0.05, 0) is 54.7 Å². The average molecular weight is 339 g/mol. The van der Waals surface area contributed by atoms with Gasteiger partial charge in [-0.15, -0.1) is 0 Å². The van der Waals surface area contributed by atoms with Crippen molar-refractivity contribution < 1.29 is 14.6 Å². The molecule has 0 saturated carbocycles. The first-order chi connectivity index (χ1) is 12.0. The molecule has 1 heterocycles. The van der Waals surface area contributed by atoms with Crippen LogP contribution in [0.1, 0.15) is 44.2 Å². The zero-order valence-electron chi connectivity index (χ0n) is 14.9. The summed E-state index contributed by atoms with van der Waals surface area (Å²) in [7, 11) is 0. The lowest BCUT2D eigenvalue weighted by Gasteiger charge is -2.27. The van der Waals surface area contributed by atoms with Gasteiger partial charge in [-0.3, -0.25) is 0 Å². The lowest BCUT2D eigenvalue weighted by Crippen LogP contribution is -2.37. The summed E-state index contributed by atoms with van der Waals surface area (Å²) >= 11 is 0. The van der Waals surface area contributed by atoms with E-state index in [1.807, 2.05) is 36.4 Å². The summed E-state index contributed by atoms with van der Waals surface area (Å²) in [6.07, 6.45) is 3.03. The predicted octanol–water partition coefficient (Wildman–Crippen LogP) is 4.70. The molecule has 0 bridgehead atoms. The van der Waals surface area contributed by atoms with Crippen LogP contribution in [0.3, 0.4) is 0 Å². The van der Waals surface area contributed by atoms with Gasteiger partial charge in [-0.2, -0.15) is 0 Å². The maximum atomic E-state index is 12.2. The number of hydrogen-bond acceptors (Lipinski definition) is 3. The Kier molecular flexibility index (Phi) is 4.98. The molecule has 1 amide bonds. The van der Waals surface area contributed by atoms with E-state index in [1.54, 1.807) is 17.0 Å². The third-order valence-electron chi connectivity index (χ3n) is 4.98. The number of amides is 1. The number of piperidine rings is 1. The molecule has 132 valence electrons. The fourth-order valence-electron chi connectivity index (χ4n) is 3.23. The van der Waals surface area contributed by atoms with Gasteiger partial charge >= 0.3 is 6.09 Å². The fourth-order valence-corrected chi connectivity index (χ4v) is 3.23. The summed E-state index contributed by atoms with van der Waals surface area (Å²) in [6, 6.07) is 14.9. The molecule has 2 aromatic rings. The highest BCUT2D eigenvalue weighted by atomic mass is 16.6. The third-order valence-corrected chi connectivity index (χ3v) is 4.98. The summed E-state index contributed by atoms with van der Waals surface area (Å²) in [6.45, 7) is 5.83. The van der Waals surface area contributed by atoms with Crippen LogP contribution >= 0.6 is 0 Å². The molecule has 3 rings (SSSR count). The van der Waals surface area contributed by atoms with Crippen LogP contribution in [0.25, 0.3) is 0 Å². The maximum absolute atomic E-state index is 12.2. The topological polar surface area (TPSA) is 49.8 Å². The second-order valence-electron chi connectivity index (χ2n) is 7.11. The Morgan fingerprint density at radius 2 is 1.44 bits per heavy atom. The van der Waals surface area contributed by atoms with Gasteiger partial charge in [0.25, 0.3) is 0 Å². The summed E-state index contributed by atoms with van der Waals surface area (Å²) < 4.78 is 5.50. The van der Waals surface area contributed by atoms with Gasteiger partial charge in [0.05, 0.1) is 0 Å². The van der Waals surface area contributed by atoms with Gasteiger partial charge in [0.1, 0.15) is 11.5 Å². The van der Waals surface area contributed by atoms with Crippen molar-refractivity contribution in [3.8, 4) is 11.5 Å². The molecule has 1 saturated heterocycles. The number of ether oxygens (including phenoxy) is 1. The average Bonchev–Trinajstić information content (AvgIpc) is 2.63. The number of likely N-dealkylation sites (tertiary alicyclic amines) is 1. The second kappa shape index (κ2) is 7.18. The van der Waals surface area contributed by atoms with E-state index in [-0.39, 0.29) is 17.3 Å². The minimum Gasteiger partial charge on any atom is -0.508 e. The van der Waals surface area contributed by atoms with E-state index in [0.29, 0.717) is 5.75 Å². The van der Waals surface area contributed by atoms with E-state index in [2.05, 4.69) is 13.8 Å². The summed E-state index contributed by atoms with van der Waals surface area (Å²) in [5.41, 5.74) is 2.03. The number of phenols is 1. The molecular weight excluding hydrogens is 314 g/mol. The second-order valence-corrected chi connectivity index (χ2v) is 7.11. The molecule has 2 aromatic carbocycles. The molecule has 0 spiro atoms.